The van der Waals surface area contributed by atoms with Gasteiger partial charge in [-0.3, -0.25) is 10.1 Å². The molecule has 3 N–H and O–H groups in total. The lowest BCUT2D eigenvalue weighted by atomic mass is 10.2. The van der Waals surface area contributed by atoms with Crippen LogP contribution in [0.2, 0.25) is 0 Å². The summed E-state index contributed by atoms with van der Waals surface area (Å²) in [6.45, 7) is 1.93. The molecule has 0 aliphatic carbocycles. The first-order valence-electron chi connectivity index (χ1n) is 5.83. The first kappa shape index (κ1) is 13.6. The number of hydrogen-bond acceptors (Lipinski definition) is 6. The van der Waals surface area contributed by atoms with Crippen molar-refractivity contribution in [3.05, 3.63) is 46.0 Å². The molecule has 2 aromatic rings. The lowest BCUT2D eigenvalue weighted by Gasteiger charge is -2.11. The highest BCUT2D eigenvalue weighted by Crippen LogP contribution is 2.29. The number of nitrogens with one attached hydrogen (secondary N) is 1. The molecule has 7 nitrogen and oxygen atoms in total. The molecular weight excluding hydrogens is 260 g/mol. The molecule has 0 atom stereocenters. The molecule has 1 heterocycles. The Kier molecular flexibility index (Phi) is 3.69. The second-order valence-electron chi connectivity index (χ2n) is 4.22. The average Bonchev–Trinajstić information content (AvgIpc) is 2.38. The topological polar surface area (TPSA) is 103 Å². The van der Waals surface area contributed by atoms with Gasteiger partial charge in [0.05, 0.1) is 29.9 Å². The molecule has 104 valence electrons. The molecule has 0 unspecified atom stereocenters. The SMILES string of the molecule is COc1ccc(C)cc1Nc1cc([N+](=O)[O-])cc(N)n1. The first-order valence-corrected chi connectivity index (χ1v) is 5.83. The summed E-state index contributed by atoms with van der Waals surface area (Å²) in [4.78, 5) is 14.3. The van der Waals surface area contributed by atoms with Crippen molar-refractivity contribution < 1.29 is 9.66 Å². The van der Waals surface area contributed by atoms with Gasteiger partial charge in [0.2, 0.25) is 0 Å². The van der Waals surface area contributed by atoms with Crippen LogP contribution in [0.4, 0.5) is 23.0 Å². The van der Waals surface area contributed by atoms with Crippen molar-refractivity contribution in [3.63, 3.8) is 0 Å². The fourth-order valence-corrected chi connectivity index (χ4v) is 1.76. The summed E-state index contributed by atoms with van der Waals surface area (Å²) in [5.41, 5.74) is 7.13. The van der Waals surface area contributed by atoms with Crippen LogP contribution in [0.1, 0.15) is 5.56 Å². The predicted octanol–water partition coefficient (Wildman–Crippen LogP) is 2.63. The number of ether oxygens (including phenoxy) is 1. The van der Waals surface area contributed by atoms with E-state index in [0.29, 0.717) is 17.3 Å². The van der Waals surface area contributed by atoms with E-state index in [1.54, 1.807) is 13.2 Å². The highest BCUT2D eigenvalue weighted by molar-refractivity contribution is 5.67. The van der Waals surface area contributed by atoms with E-state index in [0.717, 1.165) is 5.56 Å². The van der Waals surface area contributed by atoms with Crippen LogP contribution in [0.25, 0.3) is 0 Å². The molecule has 0 radical (unpaired) electrons. The lowest BCUT2D eigenvalue weighted by Crippen LogP contribution is -2.01. The monoisotopic (exact) mass is 274 g/mol. The quantitative estimate of drug-likeness (QED) is 0.656. The smallest absolute Gasteiger partial charge is 0.276 e. The summed E-state index contributed by atoms with van der Waals surface area (Å²) in [5.74, 6) is 0.983. The summed E-state index contributed by atoms with van der Waals surface area (Å²) in [6.07, 6.45) is 0. The van der Waals surface area contributed by atoms with Crippen LogP contribution in [-0.4, -0.2) is 17.0 Å². The third-order valence-corrected chi connectivity index (χ3v) is 2.66. The Labute approximate surface area is 115 Å². The van der Waals surface area contributed by atoms with Crippen molar-refractivity contribution in [1.82, 2.24) is 4.98 Å². The van der Waals surface area contributed by atoms with E-state index in [9.17, 15) is 10.1 Å². The maximum atomic E-state index is 10.8. The highest BCUT2D eigenvalue weighted by atomic mass is 16.6. The van der Waals surface area contributed by atoms with Crippen LogP contribution in [0.5, 0.6) is 5.75 Å². The maximum Gasteiger partial charge on any atom is 0.276 e. The molecule has 0 fully saturated rings. The molecular formula is C13H14N4O3. The molecule has 0 aliphatic heterocycles. The number of nitro groups is 1. The standard InChI is InChI=1S/C13H14N4O3/c1-8-3-4-11(20-2)10(5-8)15-13-7-9(17(18)19)6-12(14)16-13/h3-7H,1-2H3,(H3,14,15,16). The number of aromatic nitrogens is 1. The molecule has 1 aromatic heterocycles. The normalized spacial score (nSPS) is 10.1. The fourth-order valence-electron chi connectivity index (χ4n) is 1.76. The number of nitrogens with two attached hydrogens (primary N) is 1. The first-order chi connectivity index (χ1) is 9.49. The van der Waals surface area contributed by atoms with Gasteiger partial charge in [-0.2, -0.15) is 0 Å². The minimum absolute atomic E-state index is 0.0771. The van der Waals surface area contributed by atoms with E-state index >= 15 is 0 Å². The van der Waals surface area contributed by atoms with Gasteiger partial charge in [-0.25, -0.2) is 4.98 Å². The van der Waals surface area contributed by atoms with Crippen LogP contribution in [0.3, 0.4) is 0 Å². The van der Waals surface area contributed by atoms with Crippen LogP contribution >= 0.6 is 0 Å². The molecule has 0 amide bonds. The number of rotatable bonds is 4. The molecule has 0 spiro atoms. The summed E-state index contributed by atoms with van der Waals surface area (Å²) in [6, 6.07) is 8.09. The largest absolute Gasteiger partial charge is 0.495 e. The van der Waals surface area contributed by atoms with Crippen LogP contribution in [0.15, 0.2) is 30.3 Å². The predicted molar refractivity (Wildman–Crippen MR) is 76.3 cm³/mol. The van der Waals surface area contributed by atoms with Crippen molar-refractivity contribution >= 4 is 23.0 Å². The van der Waals surface area contributed by atoms with Crippen molar-refractivity contribution in [2.75, 3.05) is 18.2 Å². The van der Waals surface area contributed by atoms with Crippen molar-refractivity contribution in [3.8, 4) is 5.75 Å². The Balaban J connectivity index is 2.39. The van der Waals surface area contributed by atoms with E-state index in [4.69, 9.17) is 10.5 Å². The minimum Gasteiger partial charge on any atom is -0.495 e. The maximum absolute atomic E-state index is 10.8. The molecule has 20 heavy (non-hydrogen) atoms. The number of nitrogen functional groups attached to an aromatic ring is 1. The Morgan fingerprint density at radius 2 is 2.10 bits per heavy atom. The van der Waals surface area contributed by atoms with Gasteiger partial charge in [0, 0.05) is 0 Å². The molecule has 1 aromatic carbocycles. The number of pyridine rings is 1. The minimum atomic E-state index is -0.517. The van der Waals surface area contributed by atoms with Gasteiger partial charge < -0.3 is 15.8 Å². The summed E-state index contributed by atoms with van der Waals surface area (Å²) in [7, 11) is 1.55. The number of aryl methyl sites for hydroxylation is 1. The molecule has 0 aliphatic rings. The molecule has 0 saturated carbocycles. The number of nitrogens with zero attached hydrogens (tertiary/aromatic N) is 2. The fraction of sp³-hybridized carbons (Fsp3) is 0.154. The molecule has 0 bridgehead atoms. The van der Waals surface area contributed by atoms with Crippen molar-refractivity contribution in [2.45, 2.75) is 6.92 Å². The van der Waals surface area contributed by atoms with Crippen LogP contribution in [0, 0.1) is 17.0 Å². The third kappa shape index (κ3) is 2.94. The van der Waals surface area contributed by atoms with Gasteiger partial charge in [-0.05, 0) is 24.6 Å². The Bertz CT molecular complexity index is 658. The zero-order valence-electron chi connectivity index (χ0n) is 11.1. The van der Waals surface area contributed by atoms with E-state index in [1.165, 1.54) is 12.1 Å². The summed E-state index contributed by atoms with van der Waals surface area (Å²) >= 11 is 0. The lowest BCUT2D eigenvalue weighted by molar-refractivity contribution is -0.384. The van der Waals surface area contributed by atoms with Gasteiger partial charge >= 0.3 is 0 Å². The van der Waals surface area contributed by atoms with Gasteiger partial charge in [0.15, 0.2) is 0 Å². The number of methoxy groups -OCH3 is 1. The summed E-state index contributed by atoms with van der Waals surface area (Å²) in [5, 5.41) is 13.8. The van der Waals surface area contributed by atoms with Crippen molar-refractivity contribution in [2.24, 2.45) is 0 Å². The molecule has 0 saturated heterocycles. The zero-order valence-corrected chi connectivity index (χ0v) is 11.1. The van der Waals surface area contributed by atoms with E-state index in [1.807, 2.05) is 19.1 Å². The summed E-state index contributed by atoms with van der Waals surface area (Å²) < 4.78 is 5.23. The van der Waals surface area contributed by atoms with Crippen LogP contribution < -0.4 is 15.8 Å². The zero-order chi connectivity index (χ0) is 14.7. The van der Waals surface area contributed by atoms with Gasteiger partial charge in [0.1, 0.15) is 17.4 Å². The second-order valence-corrected chi connectivity index (χ2v) is 4.22. The molecule has 2 rings (SSSR count). The Morgan fingerprint density at radius 1 is 1.35 bits per heavy atom. The highest BCUT2D eigenvalue weighted by Gasteiger charge is 2.11. The van der Waals surface area contributed by atoms with Gasteiger partial charge in [-0.1, -0.05) is 6.07 Å². The van der Waals surface area contributed by atoms with Crippen molar-refractivity contribution in [1.29, 1.82) is 0 Å². The van der Waals surface area contributed by atoms with E-state index in [2.05, 4.69) is 10.3 Å². The molecule has 7 heteroatoms. The Morgan fingerprint density at radius 3 is 2.75 bits per heavy atom. The number of hydrogen-bond donors (Lipinski definition) is 2. The van der Waals surface area contributed by atoms with Gasteiger partial charge in [0.25, 0.3) is 5.69 Å². The Hall–Kier alpha value is -2.83. The average molecular weight is 274 g/mol. The third-order valence-electron chi connectivity index (χ3n) is 2.66. The second kappa shape index (κ2) is 5.43. The number of benzene rings is 1. The number of anilines is 3. The van der Waals surface area contributed by atoms with Gasteiger partial charge in [-0.15, -0.1) is 0 Å². The van der Waals surface area contributed by atoms with E-state index < -0.39 is 4.92 Å². The van der Waals surface area contributed by atoms with E-state index in [-0.39, 0.29) is 11.5 Å². The van der Waals surface area contributed by atoms with Crippen LogP contribution in [-0.2, 0) is 0 Å².